The second-order valence-electron chi connectivity index (χ2n) is 6.69. The maximum atomic E-state index is 14.3. The Kier molecular flexibility index (Phi) is 7.38. The minimum Gasteiger partial charge on any atom is -0.494 e. The maximum absolute atomic E-state index is 14.3. The van der Waals surface area contributed by atoms with Crippen molar-refractivity contribution in [3.05, 3.63) is 89.7 Å². The third-order valence-electron chi connectivity index (χ3n) is 4.46. The molecule has 0 aliphatic heterocycles. The fraction of sp³-hybridized carbons (Fsp3) is 0.174. The van der Waals surface area contributed by atoms with Gasteiger partial charge in [-0.25, -0.2) is 17.5 Å². The number of benzene rings is 3. The number of rotatable bonds is 9. The number of anilines is 1. The largest absolute Gasteiger partial charge is 0.494 e. The van der Waals surface area contributed by atoms with Crippen LogP contribution in [-0.2, 0) is 16.4 Å². The zero-order chi connectivity index (χ0) is 22.3. The van der Waals surface area contributed by atoms with Crippen molar-refractivity contribution in [3.8, 4) is 5.75 Å². The highest BCUT2D eigenvalue weighted by Crippen LogP contribution is 2.19. The van der Waals surface area contributed by atoms with E-state index in [1.165, 1.54) is 0 Å². The molecule has 0 unspecified atom stereocenters. The number of hydrogen-bond acceptors (Lipinski definition) is 4. The highest BCUT2D eigenvalue weighted by Gasteiger charge is 2.19. The quantitative estimate of drug-likeness (QED) is 0.525. The van der Waals surface area contributed by atoms with Crippen molar-refractivity contribution >= 4 is 21.6 Å². The molecule has 3 aromatic rings. The van der Waals surface area contributed by atoms with Gasteiger partial charge < -0.3 is 10.1 Å². The molecule has 0 spiro atoms. The highest BCUT2D eigenvalue weighted by molar-refractivity contribution is 7.89. The summed E-state index contributed by atoms with van der Waals surface area (Å²) in [6.45, 7) is 2.55. The summed E-state index contributed by atoms with van der Waals surface area (Å²) in [7, 11) is -3.90. The average molecular weight is 443 g/mol. The molecule has 6 nitrogen and oxygen atoms in total. The molecule has 0 saturated heterocycles. The van der Waals surface area contributed by atoms with Crippen molar-refractivity contribution in [2.75, 3.05) is 18.5 Å². The summed E-state index contributed by atoms with van der Waals surface area (Å²) in [5.74, 6) is -0.920. The molecular weight excluding hydrogens is 419 g/mol. The van der Waals surface area contributed by atoms with Gasteiger partial charge in [-0.2, -0.15) is 0 Å². The average Bonchev–Trinajstić information content (AvgIpc) is 2.76. The Morgan fingerprint density at radius 1 is 1.00 bits per heavy atom. The predicted molar refractivity (Wildman–Crippen MR) is 117 cm³/mol. The van der Waals surface area contributed by atoms with Crippen LogP contribution in [0.1, 0.15) is 22.8 Å². The van der Waals surface area contributed by atoms with E-state index in [1.807, 2.05) is 37.3 Å². The van der Waals surface area contributed by atoms with Crippen LogP contribution in [0.15, 0.2) is 77.7 Å². The summed E-state index contributed by atoms with van der Waals surface area (Å²) < 4.78 is 47.2. The second kappa shape index (κ2) is 10.2. The van der Waals surface area contributed by atoms with Crippen LogP contribution >= 0.6 is 0 Å². The van der Waals surface area contributed by atoms with E-state index in [0.29, 0.717) is 24.5 Å². The monoisotopic (exact) mass is 442 g/mol. The van der Waals surface area contributed by atoms with E-state index in [9.17, 15) is 17.6 Å². The lowest BCUT2D eigenvalue weighted by Gasteiger charge is -2.11. The lowest BCUT2D eigenvalue weighted by molar-refractivity contribution is 0.102. The molecule has 162 valence electrons. The predicted octanol–water partition coefficient (Wildman–Crippen LogP) is 4.00. The molecule has 0 aliphatic carbocycles. The summed E-state index contributed by atoms with van der Waals surface area (Å²) in [4.78, 5) is 12.3. The van der Waals surface area contributed by atoms with E-state index in [1.54, 1.807) is 24.3 Å². The summed E-state index contributed by atoms with van der Waals surface area (Å²) in [6.07, 6.45) is 0.506. The lowest BCUT2D eigenvalue weighted by atomic mass is 10.2. The first-order valence-electron chi connectivity index (χ1n) is 9.76. The topological polar surface area (TPSA) is 84.5 Å². The lowest BCUT2D eigenvalue weighted by Crippen LogP contribution is -2.26. The van der Waals surface area contributed by atoms with Gasteiger partial charge in [-0.1, -0.05) is 30.3 Å². The molecule has 0 aliphatic rings. The molecule has 0 radical (unpaired) electrons. The molecule has 8 heteroatoms. The highest BCUT2D eigenvalue weighted by atomic mass is 32.2. The molecular formula is C23H23FN2O4S. The summed E-state index contributed by atoms with van der Waals surface area (Å²) in [6, 6.07) is 19.1. The number of amides is 1. The van der Waals surface area contributed by atoms with Gasteiger partial charge in [0.2, 0.25) is 10.0 Å². The van der Waals surface area contributed by atoms with Crippen molar-refractivity contribution in [1.82, 2.24) is 4.72 Å². The number of nitrogens with one attached hydrogen (secondary N) is 2. The zero-order valence-electron chi connectivity index (χ0n) is 17.0. The standard InChI is InChI=1S/C23H23FN2O4S/c1-2-30-19-10-8-18(9-11-19)26-23(27)21-16-20(12-13-22(21)24)31(28,29)25-15-14-17-6-4-3-5-7-17/h3-13,16,25H,2,14-15H2,1H3,(H,26,27). The molecule has 2 N–H and O–H groups in total. The number of hydrogen-bond donors (Lipinski definition) is 2. The SMILES string of the molecule is CCOc1ccc(NC(=O)c2cc(S(=O)(=O)NCCc3ccccc3)ccc2F)cc1. The molecule has 0 heterocycles. The van der Waals surface area contributed by atoms with Gasteiger partial charge in [0.15, 0.2) is 0 Å². The van der Waals surface area contributed by atoms with Crippen molar-refractivity contribution in [2.45, 2.75) is 18.2 Å². The maximum Gasteiger partial charge on any atom is 0.258 e. The molecule has 0 saturated carbocycles. The Hall–Kier alpha value is -3.23. The number of carbonyl (C=O) groups is 1. The summed E-state index contributed by atoms with van der Waals surface area (Å²) in [5.41, 5.74) is 1.06. The molecule has 3 rings (SSSR count). The van der Waals surface area contributed by atoms with Crippen LogP contribution in [0.4, 0.5) is 10.1 Å². The number of carbonyl (C=O) groups excluding carboxylic acids is 1. The van der Waals surface area contributed by atoms with Crippen LogP contribution in [0.5, 0.6) is 5.75 Å². The van der Waals surface area contributed by atoms with Gasteiger partial charge in [0.05, 0.1) is 17.1 Å². The molecule has 0 atom stereocenters. The Balaban J connectivity index is 1.70. The Morgan fingerprint density at radius 3 is 2.39 bits per heavy atom. The fourth-order valence-electron chi connectivity index (χ4n) is 2.90. The summed E-state index contributed by atoms with van der Waals surface area (Å²) >= 11 is 0. The number of sulfonamides is 1. The molecule has 0 bridgehead atoms. The smallest absolute Gasteiger partial charge is 0.258 e. The minimum atomic E-state index is -3.90. The van der Waals surface area contributed by atoms with E-state index in [2.05, 4.69) is 10.0 Å². The first-order valence-corrected chi connectivity index (χ1v) is 11.2. The van der Waals surface area contributed by atoms with Crippen molar-refractivity contribution in [2.24, 2.45) is 0 Å². The normalized spacial score (nSPS) is 11.2. The van der Waals surface area contributed by atoms with Crippen molar-refractivity contribution in [1.29, 1.82) is 0 Å². The van der Waals surface area contributed by atoms with Crippen LogP contribution < -0.4 is 14.8 Å². The van der Waals surface area contributed by atoms with Crippen LogP contribution in [0.3, 0.4) is 0 Å². The van der Waals surface area contributed by atoms with Gasteiger partial charge >= 0.3 is 0 Å². The van der Waals surface area contributed by atoms with E-state index in [0.717, 1.165) is 23.8 Å². The zero-order valence-corrected chi connectivity index (χ0v) is 17.8. The van der Waals surface area contributed by atoms with Gasteiger partial charge in [-0.15, -0.1) is 0 Å². The van der Waals surface area contributed by atoms with Crippen molar-refractivity contribution in [3.63, 3.8) is 0 Å². The molecule has 0 aromatic heterocycles. The van der Waals surface area contributed by atoms with Gasteiger partial charge in [-0.05, 0) is 61.4 Å². The Bertz CT molecular complexity index is 1130. The van der Waals surface area contributed by atoms with Gasteiger partial charge in [0, 0.05) is 12.2 Å². The van der Waals surface area contributed by atoms with Crippen LogP contribution in [0, 0.1) is 5.82 Å². The third-order valence-corrected chi connectivity index (χ3v) is 5.92. The van der Waals surface area contributed by atoms with E-state index < -0.39 is 21.7 Å². The van der Waals surface area contributed by atoms with Crippen molar-refractivity contribution < 1.29 is 22.3 Å². The number of halogens is 1. The molecule has 31 heavy (non-hydrogen) atoms. The van der Waals surface area contributed by atoms with E-state index in [-0.39, 0.29) is 17.0 Å². The van der Waals surface area contributed by atoms with E-state index in [4.69, 9.17) is 4.74 Å². The van der Waals surface area contributed by atoms with Crippen LogP contribution in [0.2, 0.25) is 0 Å². The first kappa shape index (κ1) is 22.5. The van der Waals surface area contributed by atoms with Gasteiger partial charge in [-0.3, -0.25) is 4.79 Å². The first-order chi connectivity index (χ1) is 14.9. The molecule has 3 aromatic carbocycles. The summed E-state index contributed by atoms with van der Waals surface area (Å²) in [5, 5.41) is 2.56. The van der Waals surface area contributed by atoms with Gasteiger partial charge in [0.25, 0.3) is 5.91 Å². The Morgan fingerprint density at radius 2 is 1.71 bits per heavy atom. The fourth-order valence-corrected chi connectivity index (χ4v) is 3.96. The van der Waals surface area contributed by atoms with Gasteiger partial charge in [0.1, 0.15) is 11.6 Å². The molecule has 0 fully saturated rings. The van der Waals surface area contributed by atoms with Crippen LogP contribution in [-0.4, -0.2) is 27.5 Å². The Labute approximate surface area is 181 Å². The molecule has 1 amide bonds. The van der Waals surface area contributed by atoms with E-state index >= 15 is 0 Å². The van der Waals surface area contributed by atoms with Crippen LogP contribution in [0.25, 0.3) is 0 Å². The minimum absolute atomic E-state index is 0.178. The third kappa shape index (κ3) is 6.13. The number of ether oxygens (including phenoxy) is 1. The second-order valence-corrected chi connectivity index (χ2v) is 8.45.